The molecule has 0 aliphatic carbocycles. The van der Waals surface area contributed by atoms with Crippen molar-refractivity contribution in [3.05, 3.63) is 58.3 Å². The first-order chi connectivity index (χ1) is 12.4. The van der Waals surface area contributed by atoms with Crippen molar-refractivity contribution in [3.63, 3.8) is 0 Å². The van der Waals surface area contributed by atoms with Gasteiger partial charge in [-0.15, -0.1) is 5.10 Å². The number of aromatic nitrogens is 4. The van der Waals surface area contributed by atoms with Crippen molar-refractivity contribution in [2.75, 3.05) is 5.32 Å². The van der Waals surface area contributed by atoms with E-state index in [1.807, 2.05) is 0 Å². The molecule has 0 bridgehead atoms. The predicted octanol–water partition coefficient (Wildman–Crippen LogP) is 3.25. The summed E-state index contributed by atoms with van der Waals surface area (Å²) >= 11 is 0. The first kappa shape index (κ1) is 16.0. The average molecular weight is 357 g/mol. The number of nitrogens with zero attached hydrogens (tertiary/aromatic N) is 3. The van der Waals surface area contributed by atoms with Gasteiger partial charge in [0.25, 0.3) is 5.89 Å². The van der Waals surface area contributed by atoms with Gasteiger partial charge in [0.2, 0.25) is 0 Å². The molecule has 7 nitrogen and oxygen atoms in total. The Kier molecular flexibility index (Phi) is 3.57. The number of halogens is 2. The number of fused-ring (bicyclic) bond motifs is 1. The second kappa shape index (κ2) is 5.80. The maximum atomic E-state index is 15.1. The van der Waals surface area contributed by atoms with Crippen LogP contribution in [0.15, 0.2) is 39.8 Å². The van der Waals surface area contributed by atoms with Gasteiger partial charge in [0.05, 0.1) is 28.8 Å². The Morgan fingerprint density at radius 3 is 2.77 bits per heavy atom. The number of hydrogen-bond acceptors (Lipinski definition) is 5. The Bertz CT molecular complexity index is 1190. The van der Waals surface area contributed by atoms with Gasteiger partial charge in [-0.05, 0) is 30.7 Å². The monoisotopic (exact) mass is 357 g/mol. The number of H-pyrrole nitrogens is 1. The zero-order valence-corrected chi connectivity index (χ0v) is 13.8. The second-order valence-electron chi connectivity index (χ2n) is 5.86. The maximum Gasteiger partial charge on any atom is 0.434 e. The lowest BCUT2D eigenvalue weighted by Crippen LogP contribution is -2.01. The van der Waals surface area contributed by atoms with Crippen molar-refractivity contribution in [2.45, 2.75) is 6.92 Å². The number of aryl methyl sites for hydroxylation is 2. The molecule has 0 spiro atoms. The van der Waals surface area contributed by atoms with Crippen molar-refractivity contribution < 1.29 is 13.2 Å². The van der Waals surface area contributed by atoms with Gasteiger partial charge < -0.3 is 14.3 Å². The summed E-state index contributed by atoms with van der Waals surface area (Å²) in [5, 5.41) is 8.62. The van der Waals surface area contributed by atoms with Crippen LogP contribution in [0.25, 0.3) is 22.5 Å². The van der Waals surface area contributed by atoms with E-state index < -0.39 is 17.4 Å². The number of aromatic amines is 1. The Morgan fingerprint density at radius 1 is 1.27 bits per heavy atom. The molecule has 9 heteroatoms. The zero-order chi connectivity index (χ0) is 18.4. The number of nitrogens with one attached hydrogen (secondary N) is 2. The van der Waals surface area contributed by atoms with Crippen molar-refractivity contribution in [2.24, 2.45) is 7.05 Å². The van der Waals surface area contributed by atoms with Gasteiger partial charge in [0, 0.05) is 7.05 Å². The molecule has 0 aliphatic rings. The molecule has 0 fully saturated rings. The minimum Gasteiger partial charge on any atom is -0.388 e. The lowest BCUT2D eigenvalue weighted by atomic mass is 10.1. The molecule has 0 saturated heterocycles. The largest absolute Gasteiger partial charge is 0.434 e. The summed E-state index contributed by atoms with van der Waals surface area (Å²) in [6.07, 6.45) is 1.45. The quantitative estimate of drug-likeness (QED) is 0.588. The fraction of sp³-hybridized carbons (Fsp3) is 0.118. The molecular weight excluding hydrogens is 344 g/mol. The highest BCUT2D eigenvalue weighted by Crippen LogP contribution is 2.36. The number of anilines is 2. The van der Waals surface area contributed by atoms with Crippen LogP contribution in [0.3, 0.4) is 0 Å². The van der Waals surface area contributed by atoms with Gasteiger partial charge in [-0.25, -0.2) is 23.7 Å². The van der Waals surface area contributed by atoms with Crippen molar-refractivity contribution in [1.82, 2.24) is 19.7 Å². The van der Waals surface area contributed by atoms with Crippen LogP contribution >= 0.6 is 0 Å². The molecule has 0 atom stereocenters. The van der Waals surface area contributed by atoms with E-state index in [1.54, 1.807) is 30.7 Å². The summed E-state index contributed by atoms with van der Waals surface area (Å²) in [5.74, 6) is -2.14. The summed E-state index contributed by atoms with van der Waals surface area (Å²) in [7, 11) is 1.70. The summed E-state index contributed by atoms with van der Waals surface area (Å²) in [6.45, 7) is 1.75. The van der Waals surface area contributed by atoms with E-state index in [0.717, 1.165) is 5.56 Å². The Morgan fingerprint density at radius 2 is 2.08 bits per heavy atom. The van der Waals surface area contributed by atoms with Crippen LogP contribution in [0.5, 0.6) is 0 Å². The van der Waals surface area contributed by atoms with Gasteiger partial charge in [-0.1, -0.05) is 6.07 Å². The number of benzene rings is 2. The molecule has 2 aromatic carbocycles. The molecule has 2 N–H and O–H groups in total. The van der Waals surface area contributed by atoms with E-state index in [9.17, 15) is 9.18 Å². The molecule has 132 valence electrons. The van der Waals surface area contributed by atoms with Gasteiger partial charge in [0.1, 0.15) is 11.3 Å². The van der Waals surface area contributed by atoms with Crippen LogP contribution in [-0.4, -0.2) is 19.7 Å². The van der Waals surface area contributed by atoms with Crippen molar-refractivity contribution in [1.29, 1.82) is 0 Å². The smallest absolute Gasteiger partial charge is 0.388 e. The van der Waals surface area contributed by atoms with E-state index >= 15 is 4.39 Å². The van der Waals surface area contributed by atoms with E-state index in [1.165, 1.54) is 18.5 Å². The number of hydrogen-bond donors (Lipinski definition) is 2. The molecule has 0 aliphatic heterocycles. The fourth-order valence-corrected chi connectivity index (χ4v) is 2.72. The molecule has 0 radical (unpaired) electrons. The van der Waals surface area contributed by atoms with Crippen LogP contribution in [0.4, 0.5) is 20.2 Å². The summed E-state index contributed by atoms with van der Waals surface area (Å²) in [5.41, 5.74) is 1.45. The minimum absolute atomic E-state index is 0.0731. The van der Waals surface area contributed by atoms with Crippen LogP contribution in [0, 0.1) is 18.6 Å². The first-order valence-corrected chi connectivity index (χ1v) is 7.66. The Hall–Kier alpha value is -3.49. The molecule has 0 unspecified atom stereocenters. The van der Waals surface area contributed by atoms with Crippen LogP contribution < -0.4 is 11.1 Å². The van der Waals surface area contributed by atoms with Crippen LogP contribution in [0.2, 0.25) is 0 Å². The number of rotatable bonds is 3. The normalized spacial score (nSPS) is 11.2. The van der Waals surface area contributed by atoms with E-state index in [2.05, 4.69) is 20.5 Å². The highest BCUT2D eigenvalue weighted by atomic mass is 19.1. The molecule has 4 rings (SSSR count). The molecule has 2 aromatic heterocycles. The SMILES string of the molecule is Cc1ccc(Nc2c(-c3n[nH]c(=O)o3)cc3c(ncn3C)c2F)c(F)c1. The highest BCUT2D eigenvalue weighted by Gasteiger charge is 2.22. The molecule has 2 heterocycles. The van der Waals surface area contributed by atoms with E-state index in [4.69, 9.17) is 4.42 Å². The lowest BCUT2D eigenvalue weighted by Gasteiger charge is -2.13. The van der Waals surface area contributed by atoms with Gasteiger partial charge in [-0.2, -0.15) is 0 Å². The maximum absolute atomic E-state index is 15.1. The second-order valence-corrected chi connectivity index (χ2v) is 5.86. The van der Waals surface area contributed by atoms with Gasteiger partial charge in [0.15, 0.2) is 5.82 Å². The Labute approximate surface area is 145 Å². The average Bonchev–Trinajstić information content (AvgIpc) is 3.18. The first-order valence-electron chi connectivity index (χ1n) is 7.66. The topological polar surface area (TPSA) is 88.7 Å². The molecule has 0 saturated carbocycles. The van der Waals surface area contributed by atoms with Crippen molar-refractivity contribution in [3.8, 4) is 11.5 Å². The third-order valence-corrected chi connectivity index (χ3v) is 4.01. The lowest BCUT2D eigenvalue weighted by molar-refractivity contribution is 0.526. The summed E-state index contributed by atoms with van der Waals surface area (Å²) in [6, 6.07) is 6.08. The summed E-state index contributed by atoms with van der Waals surface area (Å²) in [4.78, 5) is 15.3. The molecule has 4 aromatic rings. The molecule has 26 heavy (non-hydrogen) atoms. The third kappa shape index (κ3) is 2.53. The molecular formula is C17H13F2N5O2. The van der Waals surface area contributed by atoms with Crippen LogP contribution in [0.1, 0.15) is 5.56 Å². The third-order valence-electron chi connectivity index (χ3n) is 4.01. The predicted molar refractivity (Wildman–Crippen MR) is 91.2 cm³/mol. The van der Waals surface area contributed by atoms with Crippen molar-refractivity contribution >= 4 is 22.4 Å². The van der Waals surface area contributed by atoms with Gasteiger partial charge in [-0.3, -0.25) is 0 Å². The highest BCUT2D eigenvalue weighted by molar-refractivity contribution is 5.91. The minimum atomic E-state index is -0.780. The standard InChI is InChI=1S/C17H13F2N5O2/c1-8-3-4-11(10(18)5-8)21-14-9(16-22-23-17(25)26-16)6-12-15(13(14)19)20-7-24(12)2/h3-7,21H,1-2H3,(H,23,25). The van der Waals surface area contributed by atoms with E-state index in [-0.39, 0.29) is 28.3 Å². The Balaban J connectivity index is 1.96. The molecule has 0 amide bonds. The van der Waals surface area contributed by atoms with Gasteiger partial charge >= 0.3 is 5.76 Å². The van der Waals surface area contributed by atoms with E-state index in [0.29, 0.717) is 5.52 Å². The van der Waals surface area contributed by atoms with Crippen LogP contribution in [-0.2, 0) is 7.05 Å². The zero-order valence-electron chi connectivity index (χ0n) is 13.8. The fourth-order valence-electron chi connectivity index (χ4n) is 2.72. The summed E-state index contributed by atoms with van der Waals surface area (Å²) < 4.78 is 35.9. The number of imidazole rings is 1.